The zero-order chi connectivity index (χ0) is 18.6. The van der Waals surface area contributed by atoms with Gasteiger partial charge in [-0.15, -0.1) is 5.10 Å². The summed E-state index contributed by atoms with van der Waals surface area (Å²) in [6, 6.07) is 9.87. The topological polar surface area (TPSA) is 81.1 Å². The van der Waals surface area contributed by atoms with Gasteiger partial charge in [-0.2, -0.15) is 4.98 Å². The summed E-state index contributed by atoms with van der Waals surface area (Å²) in [6.45, 7) is 3.64. The van der Waals surface area contributed by atoms with Crippen LogP contribution in [0.2, 0.25) is 0 Å². The van der Waals surface area contributed by atoms with Crippen molar-refractivity contribution in [2.24, 2.45) is 0 Å². The summed E-state index contributed by atoms with van der Waals surface area (Å²) < 4.78 is 9.60. The van der Waals surface area contributed by atoms with E-state index in [0.29, 0.717) is 49.9 Å². The smallest absolute Gasteiger partial charge is 0.275 e. The van der Waals surface area contributed by atoms with Crippen molar-refractivity contribution in [3.63, 3.8) is 0 Å². The first kappa shape index (κ1) is 17.5. The van der Waals surface area contributed by atoms with Gasteiger partial charge in [-0.1, -0.05) is 34.8 Å². The lowest BCUT2D eigenvalue weighted by Gasteiger charge is -2.18. The molecule has 0 saturated carbocycles. The molecule has 0 aliphatic carbocycles. The number of ether oxygens (including phenoxy) is 1. The molecule has 0 saturated heterocycles. The maximum Gasteiger partial charge on any atom is 0.275 e. The van der Waals surface area contributed by atoms with Gasteiger partial charge in [0.25, 0.3) is 5.91 Å². The van der Waals surface area contributed by atoms with Gasteiger partial charge in [0.15, 0.2) is 11.5 Å². The Kier molecular flexibility index (Phi) is 5.06. The summed E-state index contributed by atoms with van der Waals surface area (Å²) in [5.74, 6) is 1.18. The third-order valence-corrected chi connectivity index (χ3v) is 4.99. The molecular weight excluding hydrogens is 362 g/mol. The van der Waals surface area contributed by atoms with Crippen LogP contribution in [0, 0.1) is 0 Å². The van der Waals surface area contributed by atoms with Crippen LogP contribution >= 0.6 is 11.5 Å². The lowest BCUT2D eigenvalue weighted by Crippen LogP contribution is -2.33. The van der Waals surface area contributed by atoms with E-state index in [-0.39, 0.29) is 5.91 Å². The molecule has 1 aliphatic heterocycles. The molecule has 0 fully saturated rings. The molecule has 1 aliphatic rings. The van der Waals surface area contributed by atoms with Gasteiger partial charge in [-0.25, -0.2) is 4.98 Å². The SMILES string of the molecule is CCOc1nc(-c2ccccc2)nc2c1CCN(C(=O)c1csnn1)CC2. The number of hydrogen-bond donors (Lipinski definition) is 0. The van der Waals surface area contributed by atoms with Gasteiger partial charge in [-0.3, -0.25) is 4.79 Å². The molecule has 0 radical (unpaired) electrons. The number of amides is 1. The van der Waals surface area contributed by atoms with Gasteiger partial charge < -0.3 is 9.64 Å². The van der Waals surface area contributed by atoms with E-state index < -0.39 is 0 Å². The number of carbonyl (C=O) groups excluding carboxylic acids is 1. The molecule has 27 heavy (non-hydrogen) atoms. The second kappa shape index (κ2) is 7.79. The first-order valence-electron chi connectivity index (χ1n) is 8.90. The molecule has 3 heterocycles. The highest BCUT2D eigenvalue weighted by atomic mass is 32.1. The molecule has 3 aromatic rings. The van der Waals surface area contributed by atoms with Gasteiger partial charge in [0.05, 0.1) is 12.3 Å². The predicted octanol–water partition coefficient (Wildman–Crippen LogP) is 2.63. The van der Waals surface area contributed by atoms with Crippen molar-refractivity contribution in [3.8, 4) is 17.3 Å². The van der Waals surface area contributed by atoms with Crippen LogP contribution < -0.4 is 4.74 Å². The Hall–Kier alpha value is -2.87. The number of benzene rings is 1. The fourth-order valence-electron chi connectivity index (χ4n) is 3.16. The minimum atomic E-state index is -0.0919. The summed E-state index contributed by atoms with van der Waals surface area (Å²) in [6.07, 6.45) is 1.31. The van der Waals surface area contributed by atoms with Crippen LogP contribution in [0.5, 0.6) is 5.88 Å². The van der Waals surface area contributed by atoms with E-state index in [1.54, 1.807) is 10.3 Å². The molecule has 0 atom stereocenters. The number of hydrogen-bond acceptors (Lipinski definition) is 7. The maximum absolute atomic E-state index is 12.6. The fraction of sp³-hybridized carbons (Fsp3) is 0.316. The standard InChI is InChI=1S/C19H19N5O2S/c1-2-26-18-14-8-10-24(19(25)16-12-27-23-22-16)11-9-15(14)20-17(21-18)13-6-4-3-5-7-13/h3-7,12H,2,8-11H2,1H3. The Labute approximate surface area is 161 Å². The molecule has 1 aromatic carbocycles. The summed E-state index contributed by atoms with van der Waals surface area (Å²) >= 11 is 1.18. The van der Waals surface area contributed by atoms with Crippen LogP contribution in [0.25, 0.3) is 11.4 Å². The van der Waals surface area contributed by atoms with Crippen molar-refractivity contribution in [1.82, 2.24) is 24.5 Å². The lowest BCUT2D eigenvalue weighted by molar-refractivity contribution is 0.0757. The van der Waals surface area contributed by atoms with E-state index in [9.17, 15) is 4.79 Å². The van der Waals surface area contributed by atoms with Crippen molar-refractivity contribution in [1.29, 1.82) is 0 Å². The van der Waals surface area contributed by atoms with Crippen molar-refractivity contribution in [3.05, 3.63) is 52.7 Å². The van der Waals surface area contributed by atoms with Gasteiger partial charge in [0.2, 0.25) is 5.88 Å². The Balaban J connectivity index is 1.65. The number of fused-ring (bicyclic) bond motifs is 1. The highest BCUT2D eigenvalue weighted by Gasteiger charge is 2.25. The minimum Gasteiger partial charge on any atom is -0.478 e. The molecule has 2 aromatic heterocycles. The second-order valence-electron chi connectivity index (χ2n) is 6.16. The van der Waals surface area contributed by atoms with Gasteiger partial charge in [0, 0.05) is 36.0 Å². The molecule has 8 heteroatoms. The average molecular weight is 381 g/mol. The lowest BCUT2D eigenvalue weighted by atomic mass is 10.1. The van der Waals surface area contributed by atoms with E-state index in [1.807, 2.05) is 37.3 Å². The van der Waals surface area contributed by atoms with Gasteiger partial charge in [0.1, 0.15) is 0 Å². The summed E-state index contributed by atoms with van der Waals surface area (Å²) in [5, 5.41) is 5.58. The number of nitrogens with zero attached hydrogens (tertiary/aromatic N) is 5. The van der Waals surface area contributed by atoms with Crippen LogP contribution in [-0.4, -0.2) is 50.1 Å². The van der Waals surface area contributed by atoms with Crippen molar-refractivity contribution in [2.75, 3.05) is 19.7 Å². The molecule has 4 rings (SSSR count). The van der Waals surface area contributed by atoms with Crippen LogP contribution in [0.15, 0.2) is 35.7 Å². The van der Waals surface area contributed by atoms with E-state index in [1.165, 1.54) is 11.5 Å². The highest BCUT2D eigenvalue weighted by Crippen LogP contribution is 2.27. The Morgan fingerprint density at radius 1 is 1.19 bits per heavy atom. The van der Waals surface area contributed by atoms with Crippen molar-refractivity contribution in [2.45, 2.75) is 19.8 Å². The number of aromatic nitrogens is 4. The number of carbonyl (C=O) groups is 1. The maximum atomic E-state index is 12.6. The second-order valence-corrected chi connectivity index (χ2v) is 6.77. The highest BCUT2D eigenvalue weighted by molar-refractivity contribution is 7.03. The summed E-state index contributed by atoms with van der Waals surface area (Å²) in [7, 11) is 0. The minimum absolute atomic E-state index is 0.0919. The van der Waals surface area contributed by atoms with E-state index in [2.05, 4.69) is 14.6 Å². The Morgan fingerprint density at radius 2 is 2.00 bits per heavy atom. The van der Waals surface area contributed by atoms with Crippen LogP contribution in [0.4, 0.5) is 0 Å². The molecule has 0 bridgehead atoms. The van der Waals surface area contributed by atoms with Crippen molar-refractivity contribution >= 4 is 17.4 Å². The largest absolute Gasteiger partial charge is 0.478 e. The van der Waals surface area contributed by atoms with Gasteiger partial charge in [-0.05, 0) is 24.9 Å². The Morgan fingerprint density at radius 3 is 2.74 bits per heavy atom. The van der Waals surface area contributed by atoms with E-state index >= 15 is 0 Å². The van der Waals surface area contributed by atoms with Crippen LogP contribution in [0.3, 0.4) is 0 Å². The zero-order valence-corrected chi connectivity index (χ0v) is 15.8. The van der Waals surface area contributed by atoms with Crippen LogP contribution in [0.1, 0.15) is 28.7 Å². The monoisotopic (exact) mass is 381 g/mol. The number of rotatable bonds is 4. The molecule has 0 spiro atoms. The first-order chi connectivity index (χ1) is 13.3. The summed E-state index contributed by atoms with van der Waals surface area (Å²) in [4.78, 5) is 23.9. The first-order valence-corrected chi connectivity index (χ1v) is 9.74. The molecular formula is C19H19N5O2S. The quantitative estimate of drug-likeness (QED) is 0.691. The molecule has 138 valence electrons. The summed E-state index contributed by atoms with van der Waals surface area (Å²) in [5.41, 5.74) is 3.28. The molecule has 1 amide bonds. The normalized spacial score (nSPS) is 13.7. The van der Waals surface area contributed by atoms with Crippen LogP contribution in [-0.2, 0) is 12.8 Å². The van der Waals surface area contributed by atoms with Crippen molar-refractivity contribution < 1.29 is 9.53 Å². The fourth-order valence-corrected chi connectivity index (χ4v) is 3.59. The molecule has 0 N–H and O–H groups in total. The third kappa shape index (κ3) is 3.66. The molecule has 7 nitrogen and oxygen atoms in total. The predicted molar refractivity (Wildman–Crippen MR) is 102 cm³/mol. The zero-order valence-electron chi connectivity index (χ0n) is 15.0. The molecule has 0 unspecified atom stereocenters. The third-order valence-electron chi connectivity index (χ3n) is 4.48. The van der Waals surface area contributed by atoms with Gasteiger partial charge >= 0.3 is 0 Å². The van der Waals surface area contributed by atoms with E-state index in [4.69, 9.17) is 9.72 Å². The average Bonchev–Trinajstić information content (AvgIpc) is 3.15. The Bertz CT molecular complexity index is 931. The van der Waals surface area contributed by atoms with E-state index in [0.717, 1.165) is 16.8 Å².